The second-order valence-electron chi connectivity index (χ2n) is 3.87. The SMILES string of the molecule is NCCCCC(C=O)Cc1ccccc1. The van der Waals surface area contributed by atoms with Crippen molar-refractivity contribution in [3.05, 3.63) is 35.9 Å². The fourth-order valence-corrected chi connectivity index (χ4v) is 1.69. The summed E-state index contributed by atoms with van der Waals surface area (Å²) in [6.45, 7) is 0.719. The molecule has 15 heavy (non-hydrogen) atoms. The Morgan fingerprint density at radius 3 is 2.53 bits per heavy atom. The van der Waals surface area contributed by atoms with Crippen molar-refractivity contribution in [3.8, 4) is 0 Å². The minimum absolute atomic E-state index is 0.152. The summed E-state index contributed by atoms with van der Waals surface area (Å²) in [5.74, 6) is 0.152. The summed E-state index contributed by atoms with van der Waals surface area (Å²) in [5, 5.41) is 0. The quantitative estimate of drug-likeness (QED) is 0.547. The fourth-order valence-electron chi connectivity index (χ4n) is 1.69. The highest BCUT2D eigenvalue weighted by Gasteiger charge is 2.07. The van der Waals surface area contributed by atoms with E-state index in [1.807, 2.05) is 18.2 Å². The largest absolute Gasteiger partial charge is 0.330 e. The number of rotatable bonds is 7. The van der Waals surface area contributed by atoms with Crippen molar-refractivity contribution in [2.45, 2.75) is 25.7 Å². The predicted molar refractivity (Wildman–Crippen MR) is 62.6 cm³/mol. The van der Waals surface area contributed by atoms with Gasteiger partial charge in [0.25, 0.3) is 0 Å². The number of hydrogen-bond donors (Lipinski definition) is 1. The molecule has 0 aliphatic rings. The maximum absolute atomic E-state index is 10.9. The second kappa shape index (κ2) is 7.18. The van der Waals surface area contributed by atoms with Crippen LogP contribution in [0.3, 0.4) is 0 Å². The Bertz CT molecular complexity index is 271. The first-order valence-corrected chi connectivity index (χ1v) is 5.56. The zero-order chi connectivity index (χ0) is 10.9. The Morgan fingerprint density at radius 1 is 1.20 bits per heavy atom. The highest BCUT2D eigenvalue weighted by atomic mass is 16.1. The summed E-state index contributed by atoms with van der Waals surface area (Å²) >= 11 is 0. The molecule has 0 radical (unpaired) electrons. The Hall–Kier alpha value is -1.15. The third kappa shape index (κ3) is 4.75. The number of hydrogen-bond acceptors (Lipinski definition) is 2. The summed E-state index contributed by atoms with van der Waals surface area (Å²) in [6.07, 6.45) is 4.94. The minimum atomic E-state index is 0.152. The van der Waals surface area contributed by atoms with E-state index in [2.05, 4.69) is 12.1 Å². The summed E-state index contributed by atoms with van der Waals surface area (Å²) in [7, 11) is 0. The number of carbonyl (C=O) groups excluding carboxylic acids is 1. The monoisotopic (exact) mass is 205 g/mol. The molecule has 0 bridgehead atoms. The summed E-state index contributed by atoms with van der Waals surface area (Å²) in [6, 6.07) is 10.2. The van der Waals surface area contributed by atoms with Crippen LogP contribution >= 0.6 is 0 Å². The van der Waals surface area contributed by atoms with Crippen LogP contribution in [0.1, 0.15) is 24.8 Å². The van der Waals surface area contributed by atoms with Crippen LogP contribution in [0.15, 0.2) is 30.3 Å². The molecule has 0 aliphatic heterocycles. The normalized spacial score (nSPS) is 12.3. The highest BCUT2D eigenvalue weighted by Crippen LogP contribution is 2.12. The van der Waals surface area contributed by atoms with Crippen molar-refractivity contribution >= 4 is 6.29 Å². The molecule has 1 unspecified atom stereocenters. The molecule has 0 amide bonds. The molecule has 82 valence electrons. The van der Waals surface area contributed by atoms with Gasteiger partial charge in [0, 0.05) is 5.92 Å². The number of aldehydes is 1. The van der Waals surface area contributed by atoms with E-state index in [0.29, 0.717) is 0 Å². The van der Waals surface area contributed by atoms with Gasteiger partial charge in [-0.1, -0.05) is 36.8 Å². The molecule has 2 nitrogen and oxygen atoms in total. The van der Waals surface area contributed by atoms with Crippen LogP contribution in [0.5, 0.6) is 0 Å². The number of benzene rings is 1. The highest BCUT2D eigenvalue weighted by molar-refractivity contribution is 5.54. The Kier molecular flexibility index (Phi) is 5.71. The molecule has 0 fully saturated rings. The third-order valence-corrected chi connectivity index (χ3v) is 2.56. The van der Waals surface area contributed by atoms with Gasteiger partial charge in [-0.15, -0.1) is 0 Å². The smallest absolute Gasteiger partial charge is 0.123 e. The number of unbranched alkanes of at least 4 members (excludes halogenated alkanes) is 1. The van der Waals surface area contributed by atoms with Gasteiger partial charge in [-0.2, -0.15) is 0 Å². The van der Waals surface area contributed by atoms with Crippen LogP contribution < -0.4 is 5.73 Å². The van der Waals surface area contributed by atoms with Gasteiger partial charge in [-0.05, 0) is 31.4 Å². The van der Waals surface area contributed by atoms with Gasteiger partial charge < -0.3 is 10.5 Å². The number of nitrogens with two attached hydrogens (primary N) is 1. The maximum atomic E-state index is 10.9. The van der Waals surface area contributed by atoms with Gasteiger partial charge in [-0.25, -0.2) is 0 Å². The van der Waals surface area contributed by atoms with E-state index in [9.17, 15) is 4.79 Å². The molecule has 2 heteroatoms. The van der Waals surface area contributed by atoms with Crippen LogP contribution in [0.2, 0.25) is 0 Å². The predicted octanol–water partition coefficient (Wildman–Crippen LogP) is 2.17. The zero-order valence-electron chi connectivity index (χ0n) is 9.06. The lowest BCUT2D eigenvalue weighted by Crippen LogP contribution is -2.07. The molecule has 0 saturated carbocycles. The van der Waals surface area contributed by atoms with E-state index in [1.165, 1.54) is 5.56 Å². The van der Waals surface area contributed by atoms with E-state index in [0.717, 1.165) is 38.5 Å². The van der Waals surface area contributed by atoms with E-state index in [4.69, 9.17) is 5.73 Å². The number of carbonyl (C=O) groups is 1. The molecule has 2 N–H and O–H groups in total. The minimum Gasteiger partial charge on any atom is -0.330 e. The Labute approximate surface area is 91.5 Å². The first kappa shape index (κ1) is 11.9. The lowest BCUT2D eigenvalue weighted by molar-refractivity contribution is -0.111. The van der Waals surface area contributed by atoms with Crippen LogP contribution in [0.4, 0.5) is 0 Å². The summed E-state index contributed by atoms with van der Waals surface area (Å²) in [4.78, 5) is 10.9. The van der Waals surface area contributed by atoms with Gasteiger partial charge in [0.05, 0.1) is 0 Å². The van der Waals surface area contributed by atoms with Crippen LogP contribution in [0, 0.1) is 5.92 Å². The topological polar surface area (TPSA) is 43.1 Å². The third-order valence-electron chi connectivity index (χ3n) is 2.56. The van der Waals surface area contributed by atoms with Gasteiger partial charge in [-0.3, -0.25) is 0 Å². The van der Waals surface area contributed by atoms with E-state index >= 15 is 0 Å². The molecule has 0 aliphatic carbocycles. The molecular weight excluding hydrogens is 186 g/mol. The van der Waals surface area contributed by atoms with E-state index in [-0.39, 0.29) is 5.92 Å². The zero-order valence-corrected chi connectivity index (χ0v) is 9.06. The Balaban J connectivity index is 2.37. The average molecular weight is 205 g/mol. The van der Waals surface area contributed by atoms with Gasteiger partial charge >= 0.3 is 0 Å². The van der Waals surface area contributed by atoms with Crippen molar-refractivity contribution in [3.63, 3.8) is 0 Å². The van der Waals surface area contributed by atoms with Crippen LogP contribution in [-0.4, -0.2) is 12.8 Å². The molecular formula is C13H19NO. The van der Waals surface area contributed by atoms with E-state index < -0.39 is 0 Å². The van der Waals surface area contributed by atoms with Crippen molar-refractivity contribution in [2.75, 3.05) is 6.54 Å². The molecule has 0 heterocycles. The van der Waals surface area contributed by atoms with Crippen molar-refractivity contribution in [1.29, 1.82) is 0 Å². The average Bonchev–Trinajstić information content (AvgIpc) is 2.29. The van der Waals surface area contributed by atoms with Crippen molar-refractivity contribution < 1.29 is 4.79 Å². The van der Waals surface area contributed by atoms with Crippen molar-refractivity contribution in [2.24, 2.45) is 11.7 Å². The molecule has 0 saturated heterocycles. The first-order valence-electron chi connectivity index (χ1n) is 5.56. The van der Waals surface area contributed by atoms with Gasteiger partial charge in [0.15, 0.2) is 0 Å². The van der Waals surface area contributed by atoms with Crippen LogP contribution in [0.25, 0.3) is 0 Å². The van der Waals surface area contributed by atoms with Crippen LogP contribution in [-0.2, 0) is 11.2 Å². The fraction of sp³-hybridized carbons (Fsp3) is 0.462. The lowest BCUT2D eigenvalue weighted by Gasteiger charge is -2.09. The molecule has 0 spiro atoms. The van der Waals surface area contributed by atoms with E-state index in [1.54, 1.807) is 0 Å². The van der Waals surface area contributed by atoms with Crippen molar-refractivity contribution in [1.82, 2.24) is 0 Å². The molecule has 1 aromatic carbocycles. The lowest BCUT2D eigenvalue weighted by atomic mass is 9.95. The standard InChI is InChI=1S/C13H19NO/c14-9-5-4-8-13(11-15)10-12-6-2-1-3-7-12/h1-3,6-7,11,13H,4-5,8-10,14H2. The summed E-state index contributed by atoms with van der Waals surface area (Å²) in [5.41, 5.74) is 6.66. The van der Waals surface area contributed by atoms with Gasteiger partial charge in [0.2, 0.25) is 0 Å². The first-order chi connectivity index (χ1) is 7.36. The molecule has 1 atom stereocenters. The molecule has 1 aromatic rings. The molecule has 0 aromatic heterocycles. The van der Waals surface area contributed by atoms with Gasteiger partial charge in [0.1, 0.15) is 6.29 Å². The second-order valence-corrected chi connectivity index (χ2v) is 3.87. The summed E-state index contributed by atoms with van der Waals surface area (Å²) < 4.78 is 0. The Morgan fingerprint density at radius 2 is 1.93 bits per heavy atom. The maximum Gasteiger partial charge on any atom is 0.123 e. The molecule has 1 rings (SSSR count).